The number of rotatable bonds is 3. The van der Waals surface area contributed by atoms with Crippen molar-refractivity contribution in [2.75, 3.05) is 14.1 Å². The summed E-state index contributed by atoms with van der Waals surface area (Å²) in [7, 11) is 3.54. The van der Waals surface area contributed by atoms with E-state index in [1.54, 1.807) is 20.3 Å². The van der Waals surface area contributed by atoms with Crippen molar-refractivity contribution in [3.05, 3.63) is 89.6 Å². The second-order valence-electron chi connectivity index (χ2n) is 4.43. The van der Waals surface area contributed by atoms with E-state index in [-0.39, 0.29) is 21.1 Å². The minimum absolute atomic E-state index is 0. The zero-order valence-electron chi connectivity index (χ0n) is 13.1. The molecule has 0 amide bonds. The summed E-state index contributed by atoms with van der Waals surface area (Å²) in [6.45, 7) is 0. The van der Waals surface area contributed by atoms with Gasteiger partial charge in [0.1, 0.15) is 0 Å². The largest absolute Gasteiger partial charge is 0.688 e. The average Bonchev–Trinajstić information content (AvgIpc) is 2.63. The van der Waals surface area contributed by atoms with Crippen LogP contribution in [0.2, 0.25) is 0 Å². The van der Waals surface area contributed by atoms with Gasteiger partial charge in [-0.05, 0) is 11.8 Å². The molecular weight excluding hydrogens is 465 g/mol. The number of aromatic nitrogens is 1. The molecule has 0 fully saturated rings. The number of benzene rings is 2. The fraction of sp³-hybridized carbons (Fsp3) is 0.105. The molecule has 0 N–H and O–H groups in total. The smallest absolute Gasteiger partial charge is 0.0160 e. The number of nitrogens with zero attached hydrogens (tertiary/aromatic N) is 3. The third kappa shape index (κ3) is 5.88. The first-order chi connectivity index (χ1) is 10.8. The van der Waals surface area contributed by atoms with E-state index in [9.17, 15) is 0 Å². The molecule has 0 saturated carbocycles. The Morgan fingerprint density at radius 2 is 1.39 bits per heavy atom. The van der Waals surface area contributed by atoms with Crippen LogP contribution in [-0.2, 0) is 21.1 Å². The van der Waals surface area contributed by atoms with Crippen LogP contribution in [-0.4, -0.2) is 19.1 Å². The van der Waals surface area contributed by atoms with E-state index in [1.165, 1.54) is 0 Å². The summed E-state index contributed by atoms with van der Waals surface area (Å²) >= 11 is 0. The van der Waals surface area contributed by atoms with Gasteiger partial charge in [0, 0.05) is 27.3 Å². The molecule has 4 heteroatoms. The van der Waals surface area contributed by atoms with Gasteiger partial charge in [-0.2, -0.15) is 11.4 Å². The van der Waals surface area contributed by atoms with E-state index in [2.05, 4.69) is 21.7 Å². The summed E-state index contributed by atoms with van der Waals surface area (Å²) in [5, 5.41) is 8.10. The molecule has 3 rings (SSSR count). The minimum atomic E-state index is 0. The van der Waals surface area contributed by atoms with Crippen LogP contribution >= 0.6 is 0 Å². The van der Waals surface area contributed by atoms with Crippen molar-refractivity contribution in [2.45, 2.75) is 0 Å². The predicted molar refractivity (Wildman–Crippen MR) is 92.8 cm³/mol. The molecule has 0 aliphatic heterocycles. The zero-order valence-corrected chi connectivity index (χ0v) is 15.4. The van der Waals surface area contributed by atoms with Gasteiger partial charge in [-0.1, -0.05) is 36.4 Å². The Balaban J connectivity index is 0.000000224. The maximum atomic E-state index is 4.22. The van der Waals surface area contributed by atoms with Crippen LogP contribution < -0.4 is 0 Å². The average molecular weight is 483 g/mol. The molecule has 0 aliphatic carbocycles. The van der Waals surface area contributed by atoms with Crippen molar-refractivity contribution in [1.29, 1.82) is 0 Å². The Kier molecular flexibility index (Phi) is 8.71. The molecule has 0 saturated heterocycles. The van der Waals surface area contributed by atoms with Crippen molar-refractivity contribution in [2.24, 2.45) is 0 Å². The van der Waals surface area contributed by atoms with Crippen molar-refractivity contribution >= 4 is 11.4 Å². The van der Waals surface area contributed by atoms with Crippen LogP contribution in [0.4, 0.5) is 11.4 Å². The first-order valence-corrected chi connectivity index (χ1v) is 7.02. The van der Waals surface area contributed by atoms with Gasteiger partial charge >= 0.3 is 0 Å². The molecule has 0 bridgehead atoms. The van der Waals surface area contributed by atoms with E-state index >= 15 is 0 Å². The van der Waals surface area contributed by atoms with Crippen molar-refractivity contribution in [3.63, 3.8) is 0 Å². The molecule has 1 aromatic heterocycles. The molecule has 1 heterocycles. The molecule has 3 aromatic rings. The van der Waals surface area contributed by atoms with Gasteiger partial charge < -0.3 is 15.6 Å². The Labute approximate surface area is 152 Å². The van der Waals surface area contributed by atoms with Crippen molar-refractivity contribution in [3.8, 4) is 11.3 Å². The fourth-order valence-corrected chi connectivity index (χ4v) is 1.92. The third-order valence-electron chi connectivity index (χ3n) is 3.01. The van der Waals surface area contributed by atoms with Crippen molar-refractivity contribution < 1.29 is 21.1 Å². The minimum Gasteiger partial charge on any atom is -0.688 e. The first kappa shape index (κ1) is 18.9. The van der Waals surface area contributed by atoms with E-state index in [4.69, 9.17) is 0 Å². The van der Waals surface area contributed by atoms with E-state index in [0.29, 0.717) is 0 Å². The van der Waals surface area contributed by atoms with Gasteiger partial charge in [-0.3, -0.25) is 0 Å². The topological polar surface area (TPSA) is 41.1 Å². The van der Waals surface area contributed by atoms with Crippen LogP contribution in [0.5, 0.6) is 0 Å². The molecule has 122 valence electrons. The Hall–Kier alpha value is -2.12. The Morgan fingerprint density at radius 3 is 1.87 bits per heavy atom. The third-order valence-corrected chi connectivity index (χ3v) is 3.01. The summed E-state index contributed by atoms with van der Waals surface area (Å²) in [6, 6.07) is 24.6. The molecular formula is C19H18N3Pt-3. The number of pyridine rings is 1. The molecule has 0 atom stereocenters. The second-order valence-corrected chi connectivity index (χ2v) is 4.43. The van der Waals surface area contributed by atoms with Crippen LogP contribution in [0, 0.1) is 6.07 Å². The summed E-state index contributed by atoms with van der Waals surface area (Å²) in [4.78, 5) is 4.22. The number of hydrogen-bond donors (Lipinski definition) is 0. The van der Waals surface area contributed by atoms with Crippen LogP contribution in [0.15, 0.2) is 72.9 Å². The normalized spacial score (nSPS) is 8.96. The maximum Gasteiger partial charge on any atom is 0.0160 e. The number of hydrogen-bond acceptors (Lipinski definition) is 1. The van der Waals surface area contributed by atoms with Gasteiger partial charge in [0.2, 0.25) is 0 Å². The molecule has 0 spiro atoms. The fourth-order valence-electron chi connectivity index (χ4n) is 1.92. The Bertz CT molecular complexity index is 612. The molecule has 23 heavy (non-hydrogen) atoms. The number of para-hydroxylation sites is 2. The van der Waals surface area contributed by atoms with Gasteiger partial charge in [0.15, 0.2) is 0 Å². The quantitative estimate of drug-likeness (QED) is 0.454. The molecule has 0 aliphatic rings. The van der Waals surface area contributed by atoms with Crippen LogP contribution in [0.1, 0.15) is 0 Å². The molecule has 2 aromatic carbocycles. The van der Waals surface area contributed by atoms with Gasteiger partial charge in [-0.25, -0.2) is 0 Å². The van der Waals surface area contributed by atoms with Crippen LogP contribution in [0.25, 0.3) is 21.9 Å². The summed E-state index contributed by atoms with van der Waals surface area (Å²) in [6.07, 6.45) is 1.79. The van der Waals surface area contributed by atoms with Crippen LogP contribution in [0.3, 0.4) is 0 Å². The van der Waals surface area contributed by atoms with E-state index < -0.39 is 0 Å². The van der Waals surface area contributed by atoms with E-state index in [1.807, 2.05) is 66.7 Å². The summed E-state index contributed by atoms with van der Waals surface area (Å²) < 4.78 is 0. The SMILES string of the molecule is C[N-]c1ccccc1[N-]C.[Pt].[c-]1ccccc1-c1ccccn1. The zero-order chi connectivity index (χ0) is 15.6. The van der Waals surface area contributed by atoms with Crippen molar-refractivity contribution in [1.82, 2.24) is 4.98 Å². The molecule has 0 unspecified atom stereocenters. The summed E-state index contributed by atoms with van der Waals surface area (Å²) in [5.41, 5.74) is 3.91. The Morgan fingerprint density at radius 1 is 0.783 bits per heavy atom. The second kappa shape index (κ2) is 10.6. The summed E-state index contributed by atoms with van der Waals surface area (Å²) in [5.74, 6) is 0. The predicted octanol–water partition coefficient (Wildman–Crippen LogP) is 5.50. The molecule has 0 radical (unpaired) electrons. The standard InChI is InChI=1S/C11H8N.C8H10N2.Pt/c1-2-6-10(7-3-1)11-8-4-5-9-12-11;1-9-7-5-3-4-6-8(7)10-2;/h1-6,8-9H;3-6H,1-2H3;/q-1;-2;. The van der Waals surface area contributed by atoms with E-state index in [0.717, 1.165) is 22.6 Å². The molecule has 3 nitrogen and oxygen atoms in total. The first-order valence-electron chi connectivity index (χ1n) is 7.02. The maximum absolute atomic E-state index is 4.22. The monoisotopic (exact) mass is 483 g/mol. The van der Waals surface area contributed by atoms with Gasteiger partial charge in [0.25, 0.3) is 0 Å². The van der Waals surface area contributed by atoms with Gasteiger partial charge in [0.05, 0.1) is 0 Å². The van der Waals surface area contributed by atoms with Gasteiger partial charge in [-0.15, -0.1) is 50.0 Å².